The van der Waals surface area contributed by atoms with E-state index in [1.54, 1.807) is 6.21 Å². The monoisotopic (exact) mass is 254 g/mol. The van der Waals surface area contributed by atoms with Crippen LogP contribution in [0.4, 0.5) is 0 Å². The Morgan fingerprint density at radius 1 is 1.36 bits per heavy atom. The van der Waals surface area contributed by atoms with Crippen LogP contribution in [0.2, 0.25) is 0 Å². The molecule has 0 fully saturated rings. The summed E-state index contributed by atoms with van der Waals surface area (Å²) in [5.74, 6) is -0.0482. The van der Waals surface area contributed by atoms with Crippen LogP contribution in [0, 0.1) is 6.92 Å². The van der Waals surface area contributed by atoms with Gasteiger partial charge in [0.1, 0.15) is 0 Å². The van der Waals surface area contributed by atoms with Crippen LogP contribution in [-0.4, -0.2) is 12.2 Å². The standard InChI is InChI=1S/C9H11BrN4/c1-6-2-7(4-8(10)3-6)5-13-14-9(11)12/h2-5H,1H3,(H4,11,12,14). The first kappa shape index (κ1) is 10.7. The van der Waals surface area contributed by atoms with Gasteiger partial charge in [-0.15, -0.1) is 5.10 Å². The normalized spacial score (nSPS) is 10.4. The molecule has 0 aliphatic rings. The molecule has 1 aromatic carbocycles. The smallest absolute Gasteiger partial charge is 0.211 e. The van der Waals surface area contributed by atoms with Crippen molar-refractivity contribution < 1.29 is 0 Å². The third-order valence-corrected chi connectivity index (χ3v) is 1.90. The molecule has 5 heteroatoms. The van der Waals surface area contributed by atoms with Gasteiger partial charge in [-0.25, -0.2) is 0 Å². The third-order valence-electron chi connectivity index (χ3n) is 1.44. The lowest BCUT2D eigenvalue weighted by Crippen LogP contribution is -2.21. The van der Waals surface area contributed by atoms with Gasteiger partial charge in [-0.05, 0) is 30.2 Å². The van der Waals surface area contributed by atoms with E-state index in [0.29, 0.717) is 0 Å². The first-order chi connectivity index (χ1) is 6.58. The predicted octanol–water partition coefficient (Wildman–Crippen LogP) is 1.36. The Balaban J connectivity index is 2.87. The molecule has 14 heavy (non-hydrogen) atoms. The Bertz CT molecular complexity index is 360. The molecule has 4 N–H and O–H groups in total. The highest BCUT2D eigenvalue weighted by Gasteiger charge is 1.92. The SMILES string of the molecule is Cc1cc(Br)cc(C=NN=C(N)N)c1. The van der Waals surface area contributed by atoms with Crippen LogP contribution in [0.5, 0.6) is 0 Å². The van der Waals surface area contributed by atoms with E-state index in [9.17, 15) is 0 Å². The van der Waals surface area contributed by atoms with E-state index < -0.39 is 0 Å². The Hall–Kier alpha value is -1.36. The minimum atomic E-state index is -0.0482. The van der Waals surface area contributed by atoms with Crippen LogP contribution in [0.15, 0.2) is 32.9 Å². The van der Waals surface area contributed by atoms with Crippen LogP contribution in [0.25, 0.3) is 0 Å². The summed E-state index contributed by atoms with van der Waals surface area (Å²) in [4.78, 5) is 0. The van der Waals surface area contributed by atoms with E-state index in [4.69, 9.17) is 11.5 Å². The van der Waals surface area contributed by atoms with Gasteiger partial charge in [0.2, 0.25) is 5.96 Å². The zero-order valence-corrected chi connectivity index (χ0v) is 9.32. The van der Waals surface area contributed by atoms with Crippen LogP contribution < -0.4 is 11.5 Å². The highest BCUT2D eigenvalue weighted by atomic mass is 79.9. The van der Waals surface area contributed by atoms with Gasteiger partial charge in [0.05, 0.1) is 6.21 Å². The molecule has 4 nitrogen and oxygen atoms in total. The minimum absolute atomic E-state index is 0.0482. The van der Waals surface area contributed by atoms with E-state index in [1.807, 2.05) is 25.1 Å². The second-order valence-electron chi connectivity index (χ2n) is 2.83. The zero-order valence-electron chi connectivity index (χ0n) is 7.74. The summed E-state index contributed by atoms with van der Waals surface area (Å²) in [6.07, 6.45) is 1.59. The maximum atomic E-state index is 5.12. The summed E-state index contributed by atoms with van der Waals surface area (Å²) in [6.45, 7) is 2.00. The summed E-state index contributed by atoms with van der Waals surface area (Å²) in [5, 5.41) is 7.22. The number of guanidine groups is 1. The Morgan fingerprint density at radius 2 is 2.07 bits per heavy atom. The van der Waals surface area contributed by atoms with Crippen molar-refractivity contribution in [3.05, 3.63) is 33.8 Å². The van der Waals surface area contributed by atoms with E-state index in [-0.39, 0.29) is 5.96 Å². The van der Waals surface area contributed by atoms with Crippen molar-refractivity contribution in [1.82, 2.24) is 0 Å². The lowest BCUT2D eigenvalue weighted by molar-refractivity contribution is 1.21. The predicted molar refractivity (Wildman–Crippen MR) is 62.3 cm³/mol. The minimum Gasteiger partial charge on any atom is -0.369 e. The number of hydrogen-bond acceptors (Lipinski definition) is 2. The average molecular weight is 255 g/mol. The van der Waals surface area contributed by atoms with Crippen molar-refractivity contribution in [2.75, 3.05) is 0 Å². The fraction of sp³-hybridized carbons (Fsp3) is 0.111. The van der Waals surface area contributed by atoms with Crippen molar-refractivity contribution >= 4 is 28.1 Å². The van der Waals surface area contributed by atoms with E-state index in [2.05, 4.69) is 26.1 Å². The molecule has 0 saturated heterocycles. The number of benzene rings is 1. The van der Waals surface area contributed by atoms with Gasteiger partial charge < -0.3 is 11.5 Å². The maximum absolute atomic E-state index is 5.12. The van der Waals surface area contributed by atoms with Crippen LogP contribution in [-0.2, 0) is 0 Å². The average Bonchev–Trinajstić information content (AvgIpc) is 2.01. The molecule has 0 aliphatic carbocycles. The highest BCUT2D eigenvalue weighted by molar-refractivity contribution is 9.10. The van der Waals surface area contributed by atoms with Crippen molar-refractivity contribution in [3.8, 4) is 0 Å². The molecular formula is C9H11BrN4. The molecular weight excluding hydrogens is 244 g/mol. The molecule has 0 saturated carbocycles. The van der Waals surface area contributed by atoms with Crippen LogP contribution >= 0.6 is 15.9 Å². The number of nitrogens with two attached hydrogens (primary N) is 2. The second-order valence-corrected chi connectivity index (χ2v) is 3.75. The summed E-state index contributed by atoms with van der Waals surface area (Å²) >= 11 is 3.39. The number of aryl methyl sites for hydroxylation is 1. The largest absolute Gasteiger partial charge is 0.369 e. The quantitative estimate of drug-likeness (QED) is 0.475. The molecule has 0 atom stereocenters. The Morgan fingerprint density at radius 3 is 2.64 bits per heavy atom. The number of rotatable bonds is 2. The topological polar surface area (TPSA) is 76.8 Å². The van der Waals surface area contributed by atoms with E-state index >= 15 is 0 Å². The Kier molecular flexibility index (Phi) is 3.64. The molecule has 1 aromatic rings. The summed E-state index contributed by atoms with van der Waals surface area (Å²) in [6, 6.07) is 5.92. The number of hydrogen-bond donors (Lipinski definition) is 2. The van der Waals surface area contributed by atoms with Gasteiger partial charge in [0, 0.05) is 4.47 Å². The summed E-state index contributed by atoms with van der Waals surface area (Å²) in [7, 11) is 0. The molecule has 0 bridgehead atoms. The van der Waals surface area contributed by atoms with Gasteiger partial charge in [0.15, 0.2) is 0 Å². The van der Waals surface area contributed by atoms with E-state index in [1.165, 1.54) is 0 Å². The molecule has 0 spiro atoms. The molecule has 0 amide bonds. The van der Waals surface area contributed by atoms with E-state index in [0.717, 1.165) is 15.6 Å². The van der Waals surface area contributed by atoms with Crippen LogP contribution in [0.3, 0.4) is 0 Å². The zero-order chi connectivity index (χ0) is 10.6. The molecule has 1 rings (SSSR count). The first-order valence-corrected chi connectivity index (χ1v) is 4.76. The van der Waals surface area contributed by atoms with Crippen molar-refractivity contribution in [1.29, 1.82) is 0 Å². The molecule has 0 aliphatic heterocycles. The number of halogens is 1. The summed E-state index contributed by atoms with van der Waals surface area (Å²) in [5.41, 5.74) is 12.3. The molecule has 0 aromatic heterocycles. The molecule has 74 valence electrons. The number of nitrogens with zero attached hydrogens (tertiary/aromatic N) is 2. The van der Waals surface area contributed by atoms with Crippen molar-refractivity contribution in [2.24, 2.45) is 21.7 Å². The molecule has 0 unspecified atom stereocenters. The molecule has 0 radical (unpaired) electrons. The van der Waals surface area contributed by atoms with Crippen molar-refractivity contribution in [3.63, 3.8) is 0 Å². The lowest BCUT2D eigenvalue weighted by atomic mass is 10.2. The lowest BCUT2D eigenvalue weighted by Gasteiger charge is -1.96. The highest BCUT2D eigenvalue weighted by Crippen LogP contribution is 2.13. The third kappa shape index (κ3) is 3.57. The van der Waals surface area contributed by atoms with Gasteiger partial charge in [-0.1, -0.05) is 22.0 Å². The Labute approximate surface area is 90.8 Å². The van der Waals surface area contributed by atoms with Gasteiger partial charge in [-0.3, -0.25) is 0 Å². The van der Waals surface area contributed by atoms with Crippen LogP contribution in [0.1, 0.15) is 11.1 Å². The van der Waals surface area contributed by atoms with Gasteiger partial charge in [0.25, 0.3) is 0 Å². The van der Waals surface area contributed by atoms with Gasteiger partial charge in [-0.2, -0.15) is 5.10 Å². The first-order valence-electron chi connectivity index (χ1n) is 3.97. The molecule has 0 heterocycles. The van der Waals surface area contributed by atoms with Crippen molar-refractivity contribution in [2.45, 2.75) is 6.92 Å². The van der Waals surface area contributed by atoms with Gasteiger partial charge >= 0.3 is 0 Å². The fourth-order valence-electron chi connectivity index (χ4n) is 1.00. The second kappa shape index (κ2) is 4.76. The summed E-state index contributed by atoms with van der Waals surface area (Å²) < 4.78 is 1.00. The fourth-order valence-corrected chi connectivity index (χ4v) is 1.63. The maximum Gasteiger partial charge on any atom is 0.211 e.